The van der Waals surface area contributed by atoms with Crippen LogP contribution in [0.25, 0.3) is 0 Å². The molecule has 11 nitrogen and oxygen atoms in total. The number of esters is 5. The molecule has 0 unspecified atom stereocenters. The zero-order chi connectivity index (χ0) is 28.1. The van der Waals surface area contributed by atoms with Crippen LogP contribution in [0.3, 0.4) is 0 Å². The number of rotatable bonds is 13. The Kier molecular flexibility index (Phi) is 14.0. The Labute approximate surface area is 211 Å². The number of ether oxygens (including phenoxy) is 5. The molecule has 2 atom stereocenters. The number of hydrogen-bond donors (Lipinski definition) is 1. The van der Waals surface area contributed by atoms with E-state index in [9.17, 15) is 29.1 Å². The maximum Gasteiger partial charge on any atom is 0.333 e. The summed E-state index contributed by atoms with van der Waals surface area (Å²) in [5, 5.41) is 11.6. The first kappa shape index (κ1) is 32.5. The highest BCUT2D eigenvalue weighted by Crippen LogP contribution is 2.24. The van der Waals surface area contributed by atoms with E-state index in [4.69, 9.17) is 23.7 Å². The number of carbonyl (C=O) groups is 5. The van der Waals surface area contributed by atoms with Crippen LogP contribution in [0.2, 0.25) is 0 Å². The molecule has 0 aliphatic rings. The van der Waals surface area contributed by atoms with E-state index >= 15 is 0 Å². The van der Waals surface area contributed by atoms with E-state index in [2.05, 4.69) is 0 Å². The fourth-order valence-corrected chi connectivity index (χ4v) is 2.50. The average molecular weight is 513 g/mol. The van der Waals surface area contributed by atoms with Crippen LogP contribution < -0.4 is 0 Å². The van der Waals surface area contributed by atoms with Crippen molar-refractivity contribution >= 4 is 29.8 Å². The van der Waals surface area contributed by atoms with Crippen molar-refractivity contribution in [3.05, 3.63) is 34.9 Å². The van der Waals surface area contributed by atoms with Gasteiger partial charge in [-0.15, -0.1) is 0 Å². The Bertz CT molecular complexity index is 877. The summed E-state index contributed by atoms with van der Waals surface area (Å²) in [7, 11) is 0. The molecular weight excluding hydrogens is 476 g/mol. The molecule has 0 saturated carbocycles. The molecule has 0 saturated heterocycles. The van der Waals surface area contributed by atoms with Crippen molar-refractivity contribution in [1.82, 2.24) is 0 Å². The molecule has 0 amide bonds. The number of hydrogen-bond acceptors (Lipinski definition) is 11. The lowest BCUT2D eigenvalue weighted by Crippen LogP contribution is -2.59. The van der Waals surface area contributed by atoms with Gasteiger partial charge in [-0.1, -0.05) is 18.2 Å². The summed E-state index contributed by atoms with van der Waals surface area (Å²) in [4.78, 5) is 60.5. The molecule has 0 aromatic heterocycles. The highest BCUT2D eigenvalue weighted by atomic mass is 16.6. The van der Waals surface area contributed by atoms with Gasteiger partial charge in [-0.05, 0) is 41.5 Å². The van der Waals surface area contributed by atoms with E-state index in [1.54, 1.807) is 20.8 Å². The van der Waals surface area contributed by atoms with Crippen molar-refractivity contribution in [3.8, 4) is 0 Å². The molecule has 0 spiro atoms. The zero-order valence-electron chi connectivity index (χ0n) is 22.0. The first-order valence-electron chi connectivity index (χ1n) is 11.2. The molecule has 0 rings (SSSR count). The summed E-state index contributed by atoms with van der Waals surface area (Å²) >= 11 is 0. The van der Waals surface area contributed by atoms with Gasteiger partial charge in [0.25, 0.3) is 0 Å². The van der Waals surface area contributed by atoms with Gasteiger partial charge in [-0.2, -0.15) is 0 Å². The topological polar surface area (TPSA) is 152 Å². The van der Waals surface area contributed by atoms with Gasteiger partial charge >= 0.3 is 29.8 Å². The third-order valence-electron chi connectivity index (χ3n) is 5.04. The first-order valence-corrected chi connectivity index (χ1v) is 11.2. The van der Waals surface area contributed by atoms with Crippen molar-refractivity contribution in [2.24, 2.45) is 0 Å². The van der Waals surface area contributed by atoms with Crippen molar-refractivity contribution < 1.29 is 52.8 Å². The maximum absolute atomic E-state index is 12.7. The summed E-state index contributed by atoms with van der Waals surface area (Å²) < 4.78 is 26.0. The predicted octanol–water partition coefficient (Wildman–Crippen LogP) is 2.11. The monoisotopic (exact) mass is 512 g/mol. The second-order valence-corrected chi connectivity index (χ2v) is 7.95. The van der Waals surface area contributed by atoms with Gasteiger partial charge in [-0.25, -0.2) is 14.4 Å². The average Bonchev–Trinajstić information content (AvgIpc) is 2.84. The van der Waals surface area contributed by atoms with Gasteiger partial charge in [0.2, 0.25) is 0 Å². The SMILES string of the molecule is C/C=C(/C)C(=O)OCC(O)(COC(=O)/C(C)=C\C)[C@H](OC(=O)/C(C)=C\C)[C@@H](COC(C)=O)OC(C)=O. The minimum atomic E-state index is -2.42. The van der Waals surface area contributed by atoms with Crippen molar-refractivity contribution in [1.29, 1.82) is 0 Å². The lowest BCUT2D eigenvalue weighted by molar-refractivity contribution is -0.215. The van der Waals surface area contributed by atoms with E-state index in [0.717, 1.165) is 13.8 Å². The zero-order valence-corrected chi connectivity index (χ0v) is 22.0. The van der Waals surface area contributed by atoms with E-state index in [1.165, 1.54) is 39.0 Å². The molecule has 0 fully saturated rings. The summed E-state index contributed by atoms with van der Waals surface area (Å²) in [6.07, 6.45) is 1.06. The highest BCUT2D eigenvalue weighted by Gasteiger charge is 2.49. The summed E-state index contributed by atoms with van der Waals surface area (Å²) in [6, 6.07) is 0. The van der Waals surface area contributed by atoms with E-state index in [-0.39, 0.29) is 16.7 Å². The van der Waals surface area contributed by atoms with Gasteiger partial charge in [0, 0.05) is 30.6 Å². The Balaban J connectivity index is 6.58. The molecule has 202 valence electrons. The molecular formula is C25H36O11. The van der Waals surface area contributed by atoms with E-state index in [1.807, 2.05) is 0 Å². The van der Waals surface area contributed by atoms with Crippen molar-refractivity contribution in [2.75, 3.05) is 19.8 Å². The fourth-order valence-electron chi connectivity index (χ4n) is 2.50. The van der Waals surface area contributed by atoms with Crippen LogP contribution in [-0.4, -0.2) is 72.6 Å². The predicted molar refractivity (Wildman–Crippen MR) is 127 cm³/mol. The van der Waals surface area contributed by atoms with Crippen LogP contribution >= 0.6 is 0 Å². The molecule has 11 heteroatoms. The van der Waals surface area contributed by atoms with Crippen LogP contribution in [0, 0.1) is 0 Å². The minimum Gasteiger partial charge on any atom is -0.462 e. The van der Waals surface area contributed by atoms with Gasteiger partial charge in [-0.3, -0.25) is 9.59 Å². The van der Waals surface area contributed by atoms with Gasteiger partial charge in [0.05, 0.1) is 0 Å². The minimum absolute atomic E-state index is 0.139. The van der Waals surface area contributed by atoms with Gasteiger partial charge < -0.3 is 28.8 Å². The quantitative estimate of drug-likeness (QED) is 0.219. The fraction of sp³-hybridized carbons (Fsp3) is 0.560. The number of carbonyl (C=O) groups excluding carboxylic acids is 5. The molecule has 0 aliphatic heterocycles. The van der Waals surface area contributed by atoms with Gasteiger partial charge in [0.1, 0.15) is 19.8 Å². The second-order valence-electron chi connectivity index (χ2n) is 7.95. The highest BCUT2D eigenvalue weighted by molar-refractivity contribution is 5.89. The van der Waals surface area contributed by atoms with Crippen LogP contribution in [-0.2, 0) is 47.7 Å². The molecule has 0 aromatic rings. The van der Waals surface area contributed by atoms with Gasteiger partial charge in [0.15, 0.2) is 17.8 Å². The van der Waals surface area contributed by atoms with E-state index < -0.39 is 67.5 Å². The second kappa shape index (κ2) is 15.5. The molecule has 0 radical (unpaired) electrons. The van der Waals surface area contributed by atoms with Crippen LogP contribution in [0.1, 0.15) is 55.4 Å². The van der Waals surface area contributed by atoms with Crippen molar-refractivity contribution in [3.63, 3.8) is 0 Å². The number of aliphatic hydroxyl groups is 1. The third-order valence-corrected chi connectivity index (χ3v) is 5.04. The van der Waals surface area contributed by atoms with Crippen LogP contribution in [0.4, 0.5) is 0 Å². The summed E-state index contributed by atoms with van der Waals surface area (Å²) in [5.41, 5.74) is -1.85. The molecule has 0 aliphatic carbocycles. The van der Waals surface area contributed by atoms with Crippen LogP contribution in [0.5, 0.6) is 0 Å². The smallest absolute Gasteiger partial charge is 0.333 e. The van der Waals surface area contributed by atoms with E-state index in [0.29, 0.717) is 0 Å². The van der Waals surface area contributed by atoms with Crippen molar-refractivity contribution in [2.45, 2.75) is 73.2 Å². The standard InChI is InChI=1S/C25H36O11/c1-9-15(4)22(28)33-13-25(31,14-34-23(29)16(5)10-2)21(36-24(30)17(6)11-3)20(35-19(8)27)12-32-18(7)26/h9-11,20-21,31H,12-14H2,1-8H3/b15-9-,16-10-,17-11-/t20-,21-/m1/s1. The number of allylic oxidation sites excluding steroid dienone is 3. The molecule has 1 N–H and O–H groups in total. The van der Waals surface area contributed by atoms with Crippen LogP contribution in [0.15, 0.2) is 34.9 Å². The lowest BCUT2D eigenvalue weighted by atomic mass is 9.93. The first-order chi connectivity index (χ1) is 16.7. The third kappa shape index (κ3) is 10.9. The normalized spacial score (nSPS) is 15.6. The summed E-state index contributed by atoms with van der Waals surface area (Å²) in [5.74, 6) is -4.10. The largest absolute Gasteiger partial charge is 0.462 e. The summed E-state index contributed by atoms with van der Waals surface area (Å²) in [6.45, 7) is 9.06. The molecule has 0 aromatic carbocycles. The molecule has 0 heterocycles. The maximum atomic E-state index is 12.7. The Hall–Kier alpha value is -3.47. The lowest BCUT2D eigenvalue weighted by Gasteiger charge is -2.38. The Morgan fingerprint density at radius 1 is 0.667 bits per heavy atom. The Morgan fingerprint density at radius 3 is 1.44 bits per heavy atom. The Morgan fingerprint density at radius 2 is 1.08 bits per heavy atom. The molecule has 36 heavy (non-hydrogen) atoms. The molecule has 0 bridgehead atoms.